The van der Waals surface area contributed by atoms with Crippen molar-refractivity contribution in [1.29, 1.82) is 5.26 Å². The minimum absolute atomic E-state index is 0.0745. The Kier molecular flexibility index (Phi) is 7.88. The van der Waals surface area contributed by atoms with Crippen LogP contribution in [0.15, 0.2) is 224 Å². The van der Waals surface area contributed by atoms with E-state index in [1.165, 1.54) is 111 Å². The van der Waals surface area contributed by atoms with Gasteiger partial charge in [-0.3, -0.25) is 0 Å². The Morgan fingerprint density at radius 3 is 1.35 bits per heavy atom. The number of rotatable bonds is 5. The number of nitrogens with zero attached hydrogens (tertiary/aromatic N) is 3. The van der Waals surface area contributed by atoms with Crippen LogP contribution in [0.3, 0.4) is 0 Å². The maximum Gasteiger partial charge on any atom is 0.0991 e. The van der Waals surface area contributed by atoms with Gasteiger partial charge in [-0.15, -0.1) is 0 Å². The molecule has 2 heterocycles. The number of benzene rings is 10. The van der Waals surface area contributed by atoms with Gasteiger partial charge < -0.3 is 9.13 Å². The molecule has 0 radical (unpaired) electrons. The second-order valence-electron chi connectivity index (χ2n) is 17.9. The second kappa shape index (κ2) is 14.1. The fourth-order valence-electron chi connectivity index (χ4n) is 11.7. The van der Waals surface area contributed by atoms with E-state index in [0.717, 1.165) is 11.1 Å². The van der Waals surface area contributed by atoms with Gasteiger partial charge in [-0.05, 0) is 133 Å². The van der Waals surface area contributed by atoms with Crippen molar-refractivity contribution >= 4 is 43.6 Å². The standard InChI is InChI=1S/C63H39N3/c64-38-39-22-24-40(25-23-39)41-26-28-42(29-27-41)46-32-35-59(63-61-51-18-6-4-16-49(51)60(62(46)63)50-17-5-7-19-52(50)61)66-56-21-11-9-15-48(56)54-37-44(31-34-58(54)66)43-30-33-57-53(36-43)47-14-8-10-20-55(47)65(57)45-12-2-1-3-13-45/h1-37,60-61H. The van der Waals surface area contributed by atoms with Crippen molar-refractivity contribution in [3.8, 4) is 50.8 Å². The molecule has 12 aromatic rings. The Morgan fingerprint density at radius 2 is 0.773 bits per heavy atom. The summed E-state index contributed by atoms with van der Waals surface area (Å²) < 4.78 is 4.93. The topological polar surface area (TPSA) is 33.6 Å². The monoisotopic (exact) mass is 837 g/mol. The van der Waals surface area contributed by atoms with Crippen molar-refractivity contribution in [2.45, 2.75) is 11.8 Å². The van der Waals surface area contributed by atoms with Gasteiger partial charge in [-0.25, -0.2) is 0 Å². The van der Waals surface area contributed by atoms with E-state index < -0.39 is 0 Å². The molecule has 66 heavy (non-hydrogen) atoms. The maximum absolute atomic E-state index is 9.40. The lowest BCUT2D eigenvalue weighted by atomic mass is 9.59. The first kappa shape index (κ1) is 36.7. The predicted molar refractivity (Wildman–Crippen MR) is 271 cm³/mol. The molecule has 0 spiro atoms. The molecule has 0 saturated heterocycles. The Hall–Kier alpha value is -8.71. The molecule has 0 unspecified atom stereocenters. The van der Waals surface area contributed by atoms with Gasteiger partial charge in [-0.2, -0.15) is 5.26 Å². The fraction of sp³-hybridized carbons (Fsp3) is 0.0317. The summed E-state index contributed by atoms with van der Waals surface area (Å²) in [5, 5.41) is 14.4. The highest BCUT2D eigenvalue weighted by atomic mass is 15.0. The van der Waals surface area contributed by atoms with Gasteiger partial charge in [0.15, 0.2) is 0 Å². The summed E-state index contributed by atoms with van der Waals surface area (Å²) in [5.74, 6) is 0.165. The summed E-state index contributed by atoms with van der Waals surface area (Å²) in [7, 11) is 0. The highest BCUT2D eigenvalue weighted by molar-refractivity contribution is 6.13. The Bertz CT molecular complexity index is 3940. The van der Waals surface area contributed by atoms with Crippen LogP contribution in [-0.4, -0.2) is 9.13 Å². The van der Waals surface area contributed by atoms with E-state index >= 15 is 0 Å². The molecule has 0 saturated carbocycles. The number of nitriles is 1. The molecular formula is C63H39N3. The van der Waals surface area contributed by atoms with Crippen molar-refractivity contribution in [3.05, 3.63) is 263 Å². The molecule has 3 aliphatic rings. The van der Waals surface area contributed by atoms with Gasteiger partial charge in [0, 0.05) is 39.1 Å². The summed E-state index contributed by atoms with van der Waals surface area (Å²) in [6.45, 7) is 0. The number of aromatic nitrogens is 2. The molecule has 2 aromatic heterocycles. The lowest BCUT2D eigenvalue weighted by molar-refractivity contribution is 0.750. The zero-order chi connectivity index (χ0) is 43.5. The highest BCUT2D eigenvalue weighted by Crippen LogP contribution is 2.59. The van der Waals surface area contributed by atoms with Crippen LogP contribution in [0.25, 0.3) is 88.4 Å². The molecule has 3 nitrogen and oxygen atoms in total. The van der Waals surface area contributed by atoms with Gasteiger partial charge >= 0.3 is 0 Å². The summed E-state index contributed by atoms with van der Waals surface area (Å²) in [6.07, 6.45) is 0. The molecule has 0 fully saturated rings. The van der Waals surface area contributed by atoms with Crippen LogP contribution in [0.4, 0.5) is 0 Å². The fourth-order valence-corrected chi connectivity index (χ4v) is 11.7. The lowest BCUT2D eigenvalue weighted by Crippen LogP contribution is -2.29. The number of hydrogen-bond acceptors (Lipinski definition) is 1. The smallest absolute Gasteiger partial charge is 0.0991 e. The average Bonchev–Trinajstić information content (AvgIpc) is 3.90. The Balaban J connectivity index is 0.971. The van der Waals surface area contributed by atoms with Gasteiger partial charge in [0.2, 0.25) is 0 Å². The molecule has 0 atom stereocenters. The first-order chi connectivity index (χ1) is 32.7. The van der Waals surface area contributed by atoms with Crippen LogP contribution >= 0.6 is 0 Å². The van der Waals surface area contributed by atoms with Crippen molar-refractivity contribution in [1.82, 2.24) is 9.13 Å². The largest absolute Gasteiger partial charge is 0.309 e. The van der Waals surface area contributed by atoms with Crippen molar-refractivity contribution in [2.75, 3.05) is 0 Å². The Morgan fingerprint density at radius 1 is 0.333 bits per heavy atom. The van der Waals surface area contributed by atoms with Crippen molar-refractivity contribution < 1.29 is 0 Å². The van der Waals surface area contributed by atoms with Crippen LogP contribution in [0.1, 0.15) is 50.8 Å². The molecule has 306 valence electrons. The van der Waals surface area contributed by atoms with E-state index in [1.807, 2.05) is 24.3 Å². The predicted octanol–water partition coefficient (Wildman–Crippen LogP) is 15.7. The maximum atomic E-state index is 9.40. The van der Waals surface area contributed by atoms with E-state index in [4.69, 9.17) is 0 Å². The van der Waals surface area contributed by atoms with Crippen molar-refractivity contribution in [3.63, 3.8) is 0 Å². The second-order valence-corrected chi connectivity index (χ2v) is 17.9. The van der Waals surface area contributed by atoms with E-state index in [1.54, 1.807) is 0 Å². The summed E-state index contributed by atoms with van der Waals surface area (Å²) in [4.78, 5) is 0. The van der Waals surface area contributed by atoms with E-state index in [0.29, 0.717) is 5.56 Å². The molecule has 15 rings (SSSR count). The minimum Gasteiger partial charge on any atom is -0.309 e. The van der Waals surface area contributed by atoms with Gasteiger partial charge in [0.1, 0.15) is 0 Å². The van der Waals surface area contributed by atoms with Crippen LogP contribution < -0.4 is 0 Å². The molecule has 2 bridgehead atoms. The number of fused-ring (bicyclic) bond motifs is 6. The van der Waals surface area contributed by atoms with E-state index in [-0.39, 0.29) is 11.8 Å². The zero-order valence-corrected chi connectivity index (χ0v) is 35.9. The molecule has 3 aliphatic carbocycles. The van der Waals surface area contributed by atoms with Crippen LogP contribution in [0, 0.1) is 11.3 Å². The number of para-hydroxylation sites is 3. The van der Waals surface area contributed by atoms with E-state index in [9.17, 15) is 5.26 Å². The summed E-state index contributed by atoms with van der Waals surface area (Å²) in [5.41, 5.74) is 23.4. The average molecular weight is 838 g/mol. The van der Waals surface area contributed by atoms with Gasteiger partial charge in [-0.1, -0.05) is 158 Å². The first-order valence-electron chi connectivity index (χ1n) is 22.8. The molecule has 10 aromatic carbocycles. The normalized spacial score (nSPS) is 14.7. The third-order valence-corrected chi connectivity index (χ3v) is 14.6. The SMILES string of the molecule is N#Cc1ccc(-c2ccc(-c3ccc(-n4c5ccccc5c5cc(-c6ccc7c(c6)c6ccccc6n7-c6ccccc6)ccc54)c4c3C3c5ccccc5C4c4ccccc43)cc2)cc1. The van der Waals surface area contributed by atoms with E-state index in [2.05, 4.69) is 215 Å². The third kappa shape index (κ3) is 5.24. The molecule has 0 N–H and O–H groups in total. The summed E-state index contributed by atoms with van der Waals surface area (Å²) >= 11 is 0. The van der Waals surface area contributed by atoms with Crippen LogP contribution in [-0.2, 0) is 0 Å². The Labute approximate surface area is 382 Å². The molecule has 3 heteroatoms. The van der Waals surface area contributed by atoms with Crippen molar-refractivity contribution in [2.24, 2.45) is 0 Å². The molecule has 0 aliphatic heterocycles. The number of hydrogen-bond donors (Lipinski definition) is 0. The van der Waals surface area contributed by atoms with Crippen LogP contribution in [0.2, 0.25) is 0 Å². The molecule has 0 amide bonds. The zero-order valence-electron chi connectivity index (χ0n) is 35.9. The highest BCUT2D eigenvalue weighted by Gasteiger charge is 2.44. The van der Waals surface area contributed by atoms with Crippen LogP contribution in [0.5, 0.6) is 0 Å². The van der Waals surface area contributed by atoms with Gasteiger partial charge in [0.05, 0.1) is 39.4 Å². The molecular weight excluding hydrogens is 799 g/mol. The third-order valence-electron chi connectivity index (χ3n) is 14.6. The minimum atomic E-state index is 0.0745. The summed E-state index contributed by atoms with van der Waals surface area (Å²) in [6, 6.07) is 84.6. The van der Waals surface area contributed by atoms with Gasteiger partial charge in [0.25, 0.3) is 0 Å². The first-order valence-corrected chi connectivity index (χ1v) is 22.8. The quantitative estimate of drug-likeness (QED) is 0.170. The lowest BCUT2D eigenvalue weighted by Gasteiger charge is -2.44.